The summed E-state index contributed by atoms with van der Waals surface area (Å²) in [4.78, 5) is 10.2. The molecule has 0 amide bonds. The van der Waals surface area contributed by atoms with Gasteiger partial charge in [-0.25, -0.2) is 0 Å². The standard InChI is InChI=1S/C9H7ClN4O2S/c10-8-2-1-6(3-9(8)14(15)16)11-4-7-5-17-13-12-7/h1-3,5,11H,4H2. The molecule has 0 saturated heterocycles. The predicted molar refractivity (Wildman–Crippen MR) is 65.3 cm³/mol. The molecule has 0 aliphatic rings. The van der Waals surface area contributed by atoms with E-state index in [2.05, 4.69) is 14.9 Å². The fraction of sp³-hybridized carbons (Fsp3) is 0.111. The molecule has 1 aromatic heterocycles. The van der Waals surface area contributed by atoms with Crippen molar-refractivity contribution in [3.8, 4) is 0 Å². The number of hydrogen-bond acceptors (Lipinski definition) is 6. The third-order valence-corrected chi connectivity index (χ3v) is 2.89. The zero-order valence-corrected chi connectivity index (χ0v) is 10.0. The molecule has 1 N–H and O–H groups in total. The Morgan fingerprint density at radius 2 is 2.35 bits per heavy atom. The number of rotatable bonds is 4. The summed E-state index contributed by atoms with van der Waals surface area (Å²) in [6.07, 6.45) is 0. The van der Waals surface area contributed by atoms with Gasteiger partial charge in [-0.15, -0.1) is 5.10 Å². The molecule has 0 aliphatic carbocycles. The van der Waals surface area contributed by atoms with Crippen LogP contribution in [0.25, 0.3) is 0 Å². The highest BCUT2D eigenvalue weighted by Gasteiger charge is 2.12. The number of benzene rings is 1. The van der Waals surface area contributed by atoms with Crippen LogP contribution in [-0.4, -0.2) is 14.5 Å². The van der Waals surface area contributed by atoms with E-state index in [1.165, 1.54) is 23.7 Å². The fourth-order valence-corrected chi connectivity index (χ4v) is 1.85. The summed E-state index contributed by atoms with van der Waals surface area (Å²) in [5, 5.41) is 19.5. The molecule has 0 radical (unpaired) electrons. The van der Waals surface area contributed by atoms with Crippen LogP contribution < -0.4 is 5.32 Å². The summed E-state index contributed by atoms with van der Waals surface area (Å²) in [5.74, 6) is 0. The van der Waals surface area contributed by atoms with Crippen molar-refractivity contribution in [1.82, 2.24) is 9.59 Å². The first-order valence-corrected chi connectivity index (χ1v) is 5.82. The van der Waals surface area contributed by atoms with Crippen LogP contribution in [0.1, 0.15) is 5.69 Å². The molecular weight excluding hydrogens is 264 g/mol. The van der Waals surface area contributed by atoms with Crippen molar-refractivity contribution in [3.63, 3.8) is 0 Å². The second-order valence-electron chi connectivity index (χ2n) is 3.17. The Morgan fingerprint density at radius 3 is 3.00 bits per heavy atom. The van der Waals surface area contributed by atoms with E-state index in [-0.39, 0.29) is 10.7 Å². The van der Waals surface area contributed by atoms with Crippen LogP contribution in [0, 0.1) is 10.1 Å². The van der Waals surface area contributed by atoms with Gasteiger partial charge in [0, 0.05) is 17.1 Å². The third kappa shape index (κ3) is 2.89. The van der Waals surface area contributed by atoms with Gasteiger partial charge in [0.15, 0.2) is 0 Å². The molecule has 1 heterocycles. The first kappa shape index (κ1) is 11.7. The van der Waals surface area contributed by atoms with Gasteiger partial charge in [0.1, 0.15) is 5.02 Å². The van der Waals surface area contributed by atoms with Crippen molar-refractivity contribution >= 4 is 34.5 Å². The van der Waals surface area contributed by atoms with E-state index in [1.54, 1.807) is 11.4 Å². The van der Waals surface area contributed by atoms with Gasteiger partial charge in [-0.1, -0.05) is 16.1 Å². The van der Waals surface area contributed by atoms with Crippen molar-refractivity contribution in [2.24, 2.45) is 0 Å². The molecule has 0 spiro atoms. The molecule has 17 heavy (non-hydrogen) atoms. The highest BCUT2D eigenvalue weighted by Crippen LogP contribution is 2.27. The van der Waals surface area contributed by atoms with Gasteiger partial charge in [0.25, 0.3) is 5.69 Å². The van der Waals surface area contributed by atoms with E-state index < -0.39 is 4.92 Å². The van der Waals surface area contributed by atoms with E-state index >= 15 is 0 Å². The Balaban J connectivity index is 2.11. The van der Waals surface area contributed by atoms with Crippen molar-refractivity contribution in [1.29, 1.82) is 0 Å². The van der Waals surface area contributed by atoms with Crippen LogP contribution in [0.2, 0.25) is 5.02 Å². The number of anilines is 1. The lowest BCUT2D eigenvalue weighted by Crippen LogP contribution is -2.00. The molecule has 8 heteroatoms. The first-order chi connectivity index (χ1) is 8.16. The number of aromatic nitrogens is 2. The third-order valence-electron chi connectivity index (χ3n) is 2.02. The summed E-state index contributed by atoms with van der Waals surface area (Å²) in [7, 11) is 0. The molecule has 0 unspecified atom stereocenters. The molecule has 0 bridgehead atoms. The molecule has 0 atom stereocenters. The van der Waals surface area contributed by atoms with E-state index in [4.69, 9.17) is 11.6 Å². The van der Waals surface area contributed by atoms with Crippen molar-refractivity contribution < 1.29 is 4.92 Å². The Bertz CT molecular complexity index is 532. The fourth-order valence-electron chi connectivity index (χ4n) is 1.22. The average Bonchev–Trinajstić information content (AvgIpc) is 2.80. The number of hydrogen-bond donors (Lipinski definition) is 1. The smallest absolute Gasteiger partial charge is 0.289 e. The normalized spacial score (nSPS) is 10.2. The minimum atomic E-state index is -0.516. The maximum atomic E-state index is 10.7. The second kappa shape index (κ2) is 5.07. The minimum absolute atomic E-state index is 0.118. The Hall–Kier alpha value is -1.73. The molecule has 1 aromatic carbocycles. The van der Waals surface area contributed by atoms with Gasteiger partial charge in [-0.05, 0) is 23.7 Å². The summed E-state index contributed by atoms with van der Waals surface area (Å²) < 4.78 is 3.72. The Morgan fingerprint density at radius 1 is 1.53 bits per heavy atom. The quantitative estimate of drug-likeness (QED) is 0.682. The SMILES string of the molecule is O=[N+]([O-])c1cc(NCc2csnn2)ccc1Cl. The number of nitro benzene ring substituents is 1. The molecule has 0 saturated carbocycles. The highest BCUT2D eigenvalue weighted by atomic mass is 35.5. The monoisotopic (exact) mass is 270 g/mol. The molecule has 0 aliphatic heterocycles. The topological polar surface area (TPSA) is 81.0 Å². The van der Waals surface area contributed by atoms with E-state index in [0.29, 0.717) is 12.2 Å². The Labute approximate surface area is 106 Å². The van der Waals surface area contributed by atoms with Gasteiger partial charge >= 0.3 is 0 Å². The lowest BCUT2D eigenvalue weighted by Gasteiger charge is -2.04. The van der Waals surface area contributed by atoms with Gasteiger partial charge in [0.05, 0.1) is 17.2 Å². The lowest BCUT2D eigenvalue weighted by molar-refractivity contribution is -0.384. The number of nitrogens with one attached hydrogen (secondary N) is 1. The van der Waals surface area contributed by atoms with Crippen molar-refractivity contribution in [2.45, 2.75) is 6.54 Å². The molecule has 0 fully saturated rings. The van der Waals surface area contributed by atoms with E-state index in [9.17, 15) is 10.1 Å². The van der Waals surface area contributed by atoms with Crippen LogP contribution in [0.3, 0.4) is 0 Å². The molecule has 6 nitrogen and oxygen atoms in total. The van der Waals surface area contributed by atoms with Crippen LogP contribution in [0.5, 0.6) is 0 Å². The first-order valence-electron chi connectivity index (χ1n) is 4.60. The lowest BCUT2D eigenvalue weighted by atomic mass is 10.2. The molecule has 2 aromatic rings. The number of nitro groups is 1. The summed E-state index contributed by atoms with van der Waals surface area (Å²) >= 11 is 6.96. The molecular formula is C9H7ClN4O2S. The van der Waals surface area contributed by atoms with Crippen LogP contribution >= 0.6 is 23.1 Å². The van der Waals surface area contributed by atoms with Gasteiger partial charge in [-0.2, -0.15) is 0 Å². The zero-order valence-electron chi connectivity index (χ0n) is 8.46. The summed E-state index contributed by atoms with van der Waals surface area (Å²) in [6, 6.07) is 4.55. The molecule has 2 rings (SSSR count). The Kier molecular flexibility index (Phi) is 3.50. The van der Waals surface area contributed by atoms with Crippen molar-refractivity contribution in [3.05, 3.63) is 44.4 Å². The van der Waals surface area contributed by atoms with Crippen LogP contribution in [0.4, 0.5) is 11.4 Å². The summed E-state index contributed by atoms with van der Waals surface area (Å²) in [6.45, 7) is 0.468. The second-order valence-corrected chi connectivity index (χ2v) is 4.19. The van der Waals surface area contributed by atoms with Gasteiger partial charge in [0.2, 0.25) is 0 Å². The average molecular weight is 271 g/mol. The minimum Gasteiger partial charge on any atom is -0.379 e. The number of nitrogens with zero attached hydrogens (tertiary/aromatic N) is 3. The highest BCUT2D eigenvalue weighted by molar-refractivity contribution is 7.03. The van der Waals surface area contributed by atoms with Crippen LogP contribution in [0.15, 0.2) is 23.6 Å². The predicted octanol–water partition coefficient (Wildman–Crippen LogP) is 2.71. The van der Waals surface area contributed by atoms with Crippen molar-refractivity contribution in [2.75, 3.05) is 5.32 Å². The zero-order chi connectivity index (χ0) is 12.3. The largest absolute Gasteiger partial charge is 0.379 e. The molecule has 88 valence electrons. The van der Waals surface area contributed by atoms with E-state index in [1.807, 2.05) is 0 Å². The van der Waals surface area contributed by atoms with E-state index in [0.717, 1.165) is 5.69 Å². The van der Waals surface area contributed by atoms with Gasteiger partial charge < -0.3 is 5.32 Å². The number of halogens is 1. The maximum Gasteiger partial charge on any atom is 0.289 e. The summed E-state index contributed by atoms with van der Waals surface area (Å²) in [5.41, 5.74) is 1.29. The van der Waals surface area contributed by atoms with Crippen LogP contribution in [-0.2, 0) is 6.54 Å². The maximum absolute atomic E-state index is 10.7. The van der Waals surface area contributed by atoms with Gasteiger partial charge in [-0.3, -0.25) is 10.1 Å².